The van der Waals surface area contributed by atoms with Crippen molar-refractivity contribution in [2.45, 2.75) is 70.0 Å². The van der Waals surface area contributed by atoms with E-state index in [-0.39, 0.29) is 42.6 Å². The van der Waals surface area contributed by atoms with Gasteiger partial charge in [0.2, 0.25) is 11.8 Å². The zero-order valence-corrected chi connectivity index (χ0v) is 20.9. The van der Waals surface area contributed by atoms with E-state index in [1.165, 1.54) is 18.6 Å². The molecule has 2 amide bonds. The number of hydrogen-bond donors (Lipinski definition) is 1. The first-order valence-corrected chi connectivity index (χ1v) is 13.0. The second-order valence-electron chi connectivity index (χ2n) is 9.75. The highest BCUT2D eigenvalue weighted by atomic mass is 19.1. The predicted molar refractivity (Wildman–Crippen MR) is 141 cm³/mol. The molecule has 3 aromatic carbocycles. The van der Waals surface area contributed by atoms with E-state index in [9.17, 15) is 14.0 Å². The van der Waals surface area contributed by atoms with Crippen LogP contribution in [-0.4, -0.2) is 28.8 Å². The van der Waals surface area contributed by atoms with Crippen molar-refractivity contribution in [3.8, 4) is 0 Å². The smallest absolute Gasteiger partial charge is 0.242 e. The van der Waals surface area contributed by atoms with Crippen LogP contribution >= 0.6 is 0 Å². The molecule has 4 rings (SSSR count). The van der Waals surface area contributed by atoms with Crippen LogP contribution in [0.25, 0.3) is 0 Å². The third kappa shape index (κ3) is 6.81. The summed E-state index contributed by atoms with van der Waals surface area (Å²) in [5.41, 5.74) is 2.90. The minimum Gasteiger partial charge on any atom is -0.352 e. The Hall–Kier alpha value is -3.47. The third-order valence-corrected chi connectivity index (χ3v) is 7.17. The second kappa shape index (κ2) is 12.5. The Balaban J connectivity index is 1.58. The van der Waals surface area contributed by atoms with Crippen LogP contribution in [0.15, 0.2) is 84.9 Å². The average Bonchev–Trinajstić information content (AvgIpc) is 2.92. The van der Waals surface area contributed by atoms with Gasteiger partial charge in [0.25, 0.3) is 0 Å². The summed E-state index contributed by atoms with van der Waals surface area (Å²) in [6, 6.07) is 25.6. The quantitative estimate of drug-likeness (QED) is 0.391. The van der Waals surface area contributed by atoms with E-state index in [0.29, 0.717) is 0 Å². The number of halogens is 1. The normalized spacial score (nSPS) is 14.9. The summed E-state index contributed by atoms with van der Waals surface area (Å²) >= 11 is 0. The summed E-state index contributed by atoms with van der Waals surface area (Å²) in [4.78, 5) is 28.8. The maximum atomic E-state index is 13.9. The fourth-order valence-corrected chi connectivity index (χ4v) is 5.03. The van der Waals surface area contributed by atoms with Crippen LogP contribution in [0.3, 0.4) is 0 Å². The van der Waals surface area contributed by atoms with Crippen molar-refractivity contribution >= 4 is 11.8 Å². The van der Waals surface area contributed by atoms with Gasteiger partial charge in [-0.3, -0.25) is 9.59 Å². The highest BCUT2D eigenvalue weighted by molar-refractivity contribution is 5.88. The van der Waals surface area contributed by atoms with Gasteiger partial charge in [0, 0.05) is 24.9 Å². The molecular weight excluding hydrogens is 451 g/mol. The lowest BCUT2D eigenvalue weighted by Crippen LogP contribution is -2.50. The standard InChI is InChI=1S/C31H35FN2O2/c1-23(31(36)33-28-15-9-4-10-16-28)34(22-24-17-19-27(32)20-18-24)30(35)21-29(25-11-5-2-6-12-25)26-13-7-3-8-14-26/h2-3,5-8,11-14,17-20,23,28-29H,4,9-10,15-16,21-22H2,1H3,(H,33,36). The van der Waals surface area contributed by atoms with Gasteiger partial charge in [-0.2, -0.15) is 0 Å². The van der Waals surface area contributed by atoms with Gasteiger partial charge in [0.1, 0.15) is 11.9 Å². The molecule has 0 radical (unpaired) electrons. The number of rotatable bonds is 9. The minimum absolute atomic E-state index is 0.108. The lowest BCUT2D eigenvalue weighted by Gasteiger charge is -2.32. The minimum atomic E-state index is -0.642. The van der Waals surface area contributed by atoms with E-state index in [1.807, 2.05) is 60.7 Å². The summed E-state index contributed by atoms with van der Waals surface area (Å²) in [6.07, 6.45) is 5.64. The molecule has 4 nitrogen and oxygen atoms in total. The predicted octanol–water partition coefficient (Wildman–Crippen LogP) is 6.21. The molecule has 1 unspecified atom stereocenters. The van der Waals surface area contributed by atoms with Crippen LogP contribution < -0.4 is 5.32 Å². The van der Waals surface area contributed by atoms with Crippen LogP contribution in [-0.2, 0) is 16.1 Å². The lowest BCUT2D eigenvalue weighted by molar-refractivity contribution is -0.141. The van der Waals surface area contributed by atoms with Gasteiger partial charge in [-0.25, -0.2) is 4.39 Å². The Morgan fingerprint density at radius 3 is 1.97 bits per heavy atom. The molecule has 1 atom stereocenters. The molecule has 0 spiro atoms. The van der Waals surface area contributed by atoms with Crippen LogP contribution in [0, 0.1) is 5.82 Å². The van der Waals surface area contributed by atoms with Crippen molar-refractivity contribution < 1.29 is 14.0 Å². The molecule has 0 bridgehead atoms. The van der Waals surface area contributed by atoms with Gasteiger partial charge in [0.05, 0.1) is 0 Å². The zero-order valence-electron chi connectivity index (χ0n) is 20.9. The molecule has 0 aromatic heterocycles. The Morgan fingerprint density at radius 1 is 0.861 bits per heavy atom. The zero-order chi connectivity index (χ0) is 25.3. The SMILES string of the molecule is CC(C(=O)NC1CCCCC1)N(Cc1ccc(F)cc1)C(=O)CC(c1ccccc1)c1ccccc1. The lowest BCUT2D eigenvalue weighted by atomic mass is 9.88. The number of nitrogens with zero attached hydrogens (tertiary/aromatic N) is 1. The van der Waals surface area contributed by atoms with Crippen molar-refractivity contribution in [2.24, 2.45) is 0 Å². The van der Waals surface area contributed by atoms with Crippen LogP contribution in [0.4, 0.5) is 4.39 Å². The Labute approximate surface area is 213 Å². The molecule has 1 aliphatic carbocycles. The topological polar surface area (TPSA) is 49.4 Å². The molecule has 1 aliphatic rings. The summed E-state index contributed by atoms with van der Waals surface area (Å²) < 4.78 is 13.5. The first kappa shape index (κ1) is 25.6. The van der Waals surface area contributed by atoms with Gasteiger partial charge in [-0.1, -0.05) is 92.1 Å². The fraction of sp³-hybridized carbons (Fsp3) is 0.355. The Kier molecular flexibility index (Phi) is 8.88. The molecule has 0 aliphatic heterocycles. The summed E-state index contributed by atoms with van der Waals surface area (Å²) in [5.74, 6) is -0.700. The van der Waals surface area contributed by atoms with Crippen molar-refractivity contribution in [2.75, 3.05) is 0 Å². The molecular formula is C31H35FN2O2. The molecule has 0 saturated heterocycles. The summed E-state index contributed by atoms with van der Waals surface area (Å²) in [5, 5.41) is 3.17. The van der Waals surface area contributed by atoms with Gasteiger partial charge in [0.15, 0.2) is 0 Å². The maximum absolute atomic E-state index is 13.9. The largest absolute Gasteiger partial charge is 0.352 e. The van der Waals surface area contributed by atoms with E-state index in [2.05, 4.69) is 5.32 Å². The molecule has 3 aromatic rings. The Bertz CT molecular complexity index is 1070. The first-order valence-electron chi connectivity index (χ1n) is 13.0. The van der Waals surface area contributed by atoms with E-state index >= 15 is 0 Å². The monoisotopic (exact) mass is 486 g/mol. The molecule has 0 heterocycles. The number of hydrogen-bond acceptors (Lipinski definition) is 2. The Morgan fingerprint density at radius 2 is 1.42 bits per heavy atom. The van der Waals surface area contributed by atoms with Crippen LogP contribution in [0.2, 0.25) is 0 Å². The van der Waals surface area contributed by atoms with Gasteiger partial charge >= 0.3 is 0 Å². The van der Waals surface area contributed by atoms with E-state index in [4.69, 9.17) is 0 Å². The van der Waals surface area contributed by atoms with Crippen LogP contribution in [0.1, 0.15) is 68.1 Å². The highest BCUT2D eigenvalue weighted by Crippen LogP contribution is 2.29. The van der Waals surface area contributed by atoms with Crippen LogP contribution in [0.5, 0.6) is 0 Å². The van der Waals surface area contributed by atoms with Crippen molar-refractivity contribution in [1.29, 1.82) is 0 Å². The third-order valence-electron chi connectivity index (χ3n) is 7.17. The molecule has 188 valence electrons. The van der Waals surface area contributed by atoms with Crippen molar-refractivity contribution in [3.05, 3.63) is 107 Å². The van der Waals surface area contributed by atoms with E-state index < -0.39 is 6.04 Å². The maximum Gasteiger partial charge on any atom is 0.242 e. The van der Waals surface area contributed by atoms with Gasteiger partial charge in [-0.05, 0) is 48.6 Å². The molecule has 1 saturated carbocycles. The highest BCUT2D eigenvalue weighted by Gasteiger charge is 2.30. The van der Waals surface area contributed by atoms with Crippen molar-refractivity contribution in [3.63, 3.8) is 0 Å². The molecule has 1 fully saturated rings. The number of amides is 2. The summed E-state index contributed by atoms with van der Waals surface area (Å²) in [7, 11) is 0. The first-order chi connectivity index (χ1) is 17.5. The van der Waals surface area contributed by atoms with E-state index in [0.717, 1.165) is 42.4 Å². The number of carbonyl (C=O) groups excluding carboxylic acids is 2. The number of benzene rings is 3. The number of carbonyl (C=O) groups is 2. The van der Waals surface area contributed by atoms with Crippen molar-refractivity contribution in [1.82, 2.24) is 10.2 Å². The second-order valence-corrected chi connectivity index (χ2v) is 9.75. The van der Waals surface area contributed by atoms with Gasteiger partial charge < -0.3 is 10.2 Å². The van der Waals surface area contributed by atoms with E-state index in [1.54, 1.807) is 24.0 Å². The molecule has 36 heavy (non-hydrogen) atoms. The average molecular weight is 487 g/mol. The summed E-state index contributed by atoms with van der Waals surface area (Å²) in [6.45, 7) is 2.04. The molecule has 1 N–H and O–H groups in total. The van der Waals surface area contributed by atoms with Gasteiger partial charge in [-0.15, -0.1) is 0 Å². The molecule has 5 heteroatoms. The fourth-order valence-electron chi connectivity index (χ4n) is 5.03. The number of nitrogens with one attached hydrogen (secondary N) is 1.